The molecule has 1 heterocycles. The molecule has 0 saturated carbocycles. The SMILES string of the molecule is O=C(NC(=S)Nc1ccc(S(=O)(=O)NCc2ccco2)cc1)c1ccccc1OCCc1ccccc1. The van der Waals surface area contributed by atoms with E-state index in [0.29, 0.717) is 35.8 Å². The first-order valence-electron chi connectivity index (χ1n) is 11.4. The molecule has 8 nitrogen and oxygen atoms in total. The number of benzene rings is 3. The molecule has 0 radical (unpaired) electrons. The van der Waals surface area contributed by atoms with E-state index in [2.05, 4.69) is 15.4 Å². The van der Waals surface area contributed by atoms with Crippen LogP contribution in [0.4, 0.5) is 5.69 Å². The van der Waals surface area contributed by atoms with Gasteiger partial charge in [-0.1, -0.05) is 42.5 Å². The van der Waals surface area contributed by atoms with E-state index in [4.69, 9.17) is 21.4 Å². The van der Waals surface area contributed by atoms with E-state index in [1.165, 1.54) is 18.4 Å². The molecule has 4 aromatic rings. The molecular weight excluding hydrogens is 510 g/mol. The first-order chi connectivity index (χ1) is 17.9. The average Bonchev–Trinajstić information content (AvgIpc) is 3.43. The van der Waals surface area contributed by atoms with Crippen LogP contribution in [0.15, 0.2) is 107 Å². The predicted octanol–water partition coefficient (Wildman–Crippen LogP) is 4.51. The van der Waals surface area contributed by atoms with Crippen molar-refractivity contribution < 1.29 is 22.4 Å². The quantitative estimate of drug-likeness (QED) is 0.256. The van der Waals surface area contributed by atoms with Gasteiger partial charge in [-0.2, -0.15) is 0 Å². The van der Waals surface area contributed by atoms with Crippen LogP contribution in [0.5, 0.6) is 5.75 Å². The van der Waals surface area contributed by atoms with Gasteiger partial charge in [-0.3, -0.25) is 10.1 Å². The second-order valence-electron chi connectivity index (χ2n) is 7.92. The third kappa shape index (κ3) is 7.50. The van der Waals surface area contributed by atoms with Crippen molar-refractivity contribution in [3.05, 3.63) is 114 Å². The second kappa shape index (κ2) is 12.3. The fourth-order valence-electron chi connectivity index (χ4n) is 3.42. The molecule has 3 N–H and O–H groups in total. The van der Waals surface area contributed by atoms with E-state index in [9.17, 15) is 13.2 Å². The number of ether oxygens (including phenoxy) is 1. The monoisotopic (exact) mass is 535 g/mol. The van der Waals surface area contributed by atoms with Gasteiger partial charge in [0.05, 0.1) is 29.9 Å². The van der Waals surface area contributed by atoms with Gasteiger partial charge in [0.25, 0.3) is 5.91 Å². The van der Waals surface area contributed by atoms with Gasteiger partial charge in [0.2, 0.25) is 10.0 Å². The average molecular weight is 536 g/mol. The van der Waals surface area contributed by atoms with Gasteiger partial charge in [0.15, 0.2) is 5.11 Å². The summed E-state index contributed by atoms with van der Waals surface area (Å²) in [5.41, 5.74) is 2.01. The highest BCUT2D eigenvalue weighted by Gasteiger charge is 2.16. The maximum Gasteiger partial charge on any atom is 0.261 e. The Morgan fingerprint density at radius 2 is 1.62 bits per heavy atom. The van der Waals surface area contributed by atoms with Gasteiger partial charge in [-0.05, 0) is 66.3 Å². The van der Waals surface area contributed by atoms with Crippen LogP contribution in [0.1, 0.15) is 21.7 Å². The summed E-state index contributed by atoms with van der Waals surface area (Å²) in [5, 5.41) is 5.59. The Morgan fingerprint density at radius 1 is 0.892 bits per heavy atom. The lowest BCUT2D eigenvalue weighted by Gasteiger charge is -2.13. The zero-order valence-corrected chi connectivity index (χ0v) is 21.3. The van der Waals surface area contributed by atoms with Crippen molar-refractivity contribution in [2.45, 2.75) is 17.9 Å². The van der Waals surface area contributed by atoms with E-state index in [1.54, 1.807) is 48.5 Å². The Labute approximate surface area is 220 Å². The molecule has 1 amide bonds. The number of para-hydroxylation sites is 1. The Kier molecular flexibility index (Phi) is 8.68. The van der Waals surface area contributed by atoms with E-state index in [-0.39, 0.29) is 16.6 Å². The van der Waals surface area contributed by atoms with Gasteiger partial charge in [0, 0.05) is 12.1 Å². The number of nitrogens with one attached hydrogen (secondary N) is 3. The molecular formula is C27H25N3O5S2. The molecule has 37 heavy (non-hydrogen) atoms. The van der Waals surface area contributed by atoms with E-state index >= 15 is 0 Å². The lowest BCUT2D eigenvalue weighted by atomic mass is 10.1. The molecule has 0 fully saturated rings. The highest BCUT2D eigenvalue weighted by molar-refractivity contribution is 7.89. The van der Waals surface area contributed by atoms with E-state index in [1.807, 2.05) is 30.3 Å². The summed E-state index contributed by atoms with van der Waals surface area (Å²) in [5.74, 6) is 0.538. The summed E-state index contributed by atoms with van der Waals surface area (Å²) in [6, 6.07) is 26.2. The molecule has 10 heteroatoms. The maximum absolute atomic E-state index is 12.8. The number of amides is 1. The van der Waals surface area contributed by atoms with Crippen LogP contribution < -0.4 is 20.1 Å². The zero-order valence-electron chi connectivity index (χ0n) is 19.7. The highest BCUT2D eigenvalue weighted by atomic mass is 32.2. The zero-order chi connectivity index (χ0) is 26.1. The van der Waals surface area contributed by atoms with Crippen molar-refractivity contribution in [2.24, 2.45) is 0 Å². The summed E-state index contributed by atoms with van der Waals surface area (Å²) >= 11 is 5.28. The van der Waals surface area contributed by atoms with Crippen LogP contribution in [0.2, 0.25) is 0 Å². The lowest BCUT2D eigenvalue weighted by molar-refractivity contribution is 0.0973. The minimum absolute atomic E-state index is 0.0445. The third-order valence-electron chi connectivity index (χ3n) is 5.29. The predicted molar refractivity (Wildman–Crippen MR) is 145 cm³/mol. The van der Waals surface area contributed by atoms with Gasteiger partial charge >= 0.3 is 0 Å². The molecule has 0 atom stereocenters. The summed E-state index contributed by atoms with van der Waals surface area (Å²) < 4.78 is 38.4. The van der Waals surface area contributed by atoms with Gasteiger partial charge < -0.3 is 14.5 Å². The maximum atomic E-state index is 12.8. The molecule has 1 aromatic heterocycles. The van der Waals surface area contributed by atoms with Crippen LogP contribution in [-0.2, 0) is 23.0 Å². The molecule has 0 bridgehead atoms. The number of rotatable bonds is 10. The van der Waals surface area contributed by atoms with Gasteiger partial charge in [-0.15, -0.1) is 0 Å². The first kappa shape index (κ1) is 26.1. The number of hydrogen-bond donors (Lipinski definition) is 3. The number of sulfonamides is 1. The third-order valence-corrected chi connectivity index (χ3v) is 6.91. The number of thiocarbonyl (C=S) groups is 1. The molecule has 190 valence electrons. The molecule has 4 rings (SSSR count). The minimum Gasteiger partial charge on any atom is -0.492 e. The number of hydrogen-bond acceptors (Lipinski definition) is 6. The van der Waals surface area contributed by atoms with Crippen molar-refractivity contribution in [1.82, 2.24) is 10.0 Å². The molecule has 0 aliphatic heterocycles. The summed E-state index contributed by atoms with van der Waals surface area (Å²) in [4.78, 5) is 12.9. The van der Waals surface area contributed by atoms with Crippen molar-refractivity contribution in [1.29, 1.82) is 0 Å². The second-order valence-corrected chi connectivity index (χ2v) is 10.1. The van der Waals surface area contributed by atoms with Gasteiger partial charge in [-0.25, -0.2) is 13.1 Å². The van der Waals surface area contributed by atoms with E-state index in [0.717, 1.165) is 5.56 Å². The smallest absolute Gasteiger partial charge is 0.261 e. The molecule has 0 spiro atoms. The summed E-state index contributed by atoms with van der Waals surface area (Å²) in [6.45, 7) is 0.464. The van der Waals surface area contributed by atoms with Crippen molar-refractivity contribution in [2.75, 3.05) is 11.9 Å². The largest absolute Gasteiger partial charge is 0.492 e. The normalized spacial score (nSPS) is 11.0. The fraction of sp³-hybridized carbons (Fsp3) is 0.111. The molecule has 0 aliphatic rings. The first-order valence-corrected chi connectivity index (χ1v) is 13.3. The van der Waals surface area contributed by atoms with Crippen molar-refractivity contribution >= 4 is 38.9 Å². The van der Waals surface area contributed by atoms with Crippen LogP contribution in [0.25, 0.3) is 0 Å². The topological polar surface area (TPSA) is 110 Å². The number of carbonyl (C=O) groups is 1. The molecule has 0 saturated heterocycles. The number of anilines is 1. The van der Waals surface area contributed by atoms with Crippen molar-refractivity contribution in [3.63, 3.8) is 0 Å². The lowest BCUT2D eigenvalue weighted by Crippen LogP contribution is -2.34. The Balaban J connectivity index is 1.31. The number of furan rings is 1. The van der Waals surface area contributed by atoms with E-state index < -0.39 is 15.9 Å². The fourth-order valence-corrected chi connectivity index (χ4v) is 4.62. The van der Waals surface area contributed by atoms with Crippen LogP contribution in [0.3, 0.4) is 0 Å². The highest BCUT2D eigenvalue weighted by Crippen LogP contribution is 2.19. The number of carbonyl (C=O) groups excluding carboxylic acids is 1. The van der Waals surface area contributed by atoms with Gasteiger partial charge in [0.1, 0.15) is 11.5 Å². The minimum atomic E-state index is -3.72. The molecule has 0 unspecified atom stereocenters. The van der Waals surface area contributed by atoms with Crippen molar-refractivity contribution in [3.8, 4) is 5.75 Å². The Bertz CT molecular complexity index is 1440. The summed E-state index contributed by atoms with van der Waals surface area (Å²) in [7, 11) is -3.72. The summed E-state index contributed by atoms with van der Waals surface area (Å²) in [6.07, 6.45) is 2.18. The Morgan fingerprint density at radius 3 is 2.35 bits per heavy atom. The van der Waals surface area contributed by atoms with Crippen LogP contribution in [-0.4, -0.2) is 26.0 Å². The van der Waals surface area contributed by atoms with Crippen LogP contribution in [0, 0.1) is 0 Å². The molecule has 3 aromatic carbocycles. The Hall–Kier alpha value is -3.99. The van der Waals surface area contributed by atoms with Crippen LogP contribution >= 0.6 is 12.2 Å². The molecule has 0 aliphatic carbocycles. The standard InChI is InChI=1S/C27H25N3O5S2/c31-26(24-10-4-5-11-25(24)35-18-16-20-7-2-1-3-8-20)30-27(36)29-21-12-14-23(15-13-21)37(32,33)28-19-22-9-6-17-34-22/h1-15,17,28H,16,18-19H2,(H2,29,30,31,36).